The van der Waals surface area contributed by atoms with E-state index < -0.39 is 11.9 Å². The molecule has 1 fully saturated rings. The van der Waals surface area contributed by atoms with Gasteiger partial charge in [0.05, 0.1) is 23.9 Å². The molecule has 0 atom stereocenters. The van der Waals surface area contributed by atoms with E-state index in [0.29, 0.717) is 11.3 Å². The topological polar surface area (TPSA) is 119 Å². The van der Waals surface area contributed by atoms with Crippen molar-refractivity contribution < 1.29 is 19.1 Å². The first kappa shape index (κ1) is 22.4. The molecule has 0 radical (unpaired) electrons. The molecular formula is C23H28N4O4. The lowest BCUT2D eigenvalue weighted by Gasteiger charge is -2.45. The summed E-state index contributed by atoms with van der Waals surface area (Å²) in [5.41, 5.74) is 6.91. The van der Waals surface area contributed by atoms with E-state index in [-0.39, 0.29) is 34.1 Å². The van der Waals surface area contributed by atoms with Gasteiger partial charge in [0.1, 0.15) is 12.2 Å². The van der Waals surface area contributed by atoms with Gasteiger partial charge in [-0.1, -0.05) is 0 Å². The fourth-order valence-electron chi connectivity index (χ4n) is 4.41. The highest BCUT2D eigenvalue weighted by molar-refractivity contribution is 5.96. The second-order valence-electron chi connectivity index (χ2n) is 9.15. The van der Waals surface area contributed by atoms with Crippen LogP contribution in [0.25, 0.3) is 5.69 Å². The molecule has 0 unspecified atom stereocenters. The van der Waals surface area contributed by atoms with Gasteiger partial charge in [0.25, 0.3) is 0 Å². The number of anilines is 1. The van der Waals surface area contributed by atoms with Crippen molar-refractivity contribution in [3.8, 4) is 11.8 Å². The van der Waals surface area contributed by atoms with E-state index in [1.54, 1.807) is 24.3 Å². The number of nitrogens with zero attached hydrogens (tertiary/aromatic N) is 2. The van der Waals surface area contributed by atoms with Crippen LogP contribution in [0.4, 0.5) is 5.69 Å². The van der Waals surface area contributed by atoms with E-state index in [0.717, 1.165) is 12.8 Å². The quantitative estimate of drug-likeness (QED) is 0.723. The maximum Gasteiger partial charge on any atom is 0.357 e. The third-order valence-electron chi connectivity index (χ3n) is 5.35. The first-order valence-electron chi connectivity index (χ1n) is 10.1. The average molecular weight is 425 g/mol. The third kappa shape index (κ3) is 4.72. The minimum atomic E-state index is -0.654. The molecule has 1 aliphatic heterocycles. The lowest BCUT2D eigenvalue weighted by Crippen LogP contribution is -2.59. The van der Waals surface area contributed by atoms with Crippen molar-refractivity contribution in [3.05, 3.63) is 47.3 Å². The Morgan fingerprint density at radius 3 is 2.23 bits per heavy atom. The molecule has 1 aromatic heterocycles. The number of methoxy groups -OCH3 is 1. The van der Waals surface area contributed by atoms with Crippen LogP contribution in [0.2, 0.25) is 0 Å². The summed E-state index contributed by atoms with van der Waals surface area (Å²) in [5.74, 6) is -1.05. The summed E-state index contributed by atoms with van der Waals surface area (Å²) in [6, 6.07) is 8.54. The predicted octanol–water partition coefficient (Wildman–Crippen LogP) is 3.18. The van der Waals surface area contributed by atoms with Crippen molar-refractivity contribution in [2.24, 2.45) is 0 Å². The number of piperidine rings is 1. The van der Waals surface area contributed by atoms with Crippen LogP contribution in [0.1, 0.15) is 66.9 Å². The number of ether oxygens (including phenoxy) is 2. The number of esters is 2. The number of rotatable bonds is 4. The number of hydrogen-bond acceptors (Lipinski definition) is 7. The lowest BCUT2D eigenvalue weighted by molar-refractivity contribution is -0.00639. The number of carbonyl (C=O) groups is 2. The molecule has 0 spiro atoms. The van der Waals surface area contributed by atoms with Crippen molar-refractivity contribution in [1.29, 1.82) is 5.26 Å². The molecule has 0 bridgehead atoms. The summed E-state index contributed by atoms with van der Waals surface area (Å²) in [7, 11) is 1.24. The van der Waals surface area contributed by atoms with Crippen molar-refractivity contribution in [2.45, 2.75) is 57.7 Å². The number of benzene rings is 1. The van der Waals surface area contributed by atoms with Crippen molar-refractivity contribution in [3.63, 3.8) is 0 Å². The molecule has 1 aliphatic rings. The van der Waals surface area contributed by atoms with Gasteiger partial charge in [0.15, 0.2) is 5.69 Å². The van der Waals surface area contributed by atoms with Crippen LogP contribution in [0.3, 0.4) is 0 Å². The highest BCUT2D eigenvalue weighted by Crippen LogP contribution is 2.31. The Balaban J connectivity index is 1.82. The molecule has 1 saturated heterocycles. The highest BCUT2D eigenvalue weighted by Gasteiger charge is 2.39. The Morgan fingerprint density at radius 2 is 1.71 bits per heavy atom. The van der Waals surface area contributed by atoms with Crippen LogP contribution in [-0.4, -0.2) is 40.8 Å². The molecule has 8 heteroatoms. The second kappa shape index (κ2) is 8.08. The SMILES string of the molecule is COC(=O)c1c(N)c(C#N)cn1-c1ccc(C(=O)OC2CC(C)(C)NC(C)(C)C2)cc1. The molecule has 3 rings (SSSR count). The average Bonchev–Trinajstić information content (AvgIpc) is 3.01. The van der Waals surface area contributed by atoms with E-state index in [1.807, 2.05) is 6.07 Å². The van der Waals surface area contributed by atoms with E-state index in [1.165, 1.54) is 17.9 Å². The fourth-order valence-corrected chi connectivity index (χ4v) is 4.41. The van der Waals surface area contributed by atoms with Crippen LogP contribution >= 0.6 is 0 Å². The van der Waals surface area contributed by atoms with Gasteiger partial charge in [-0.3, -0.25) is 0 Å². The minimum Gasteiger partial charge on any atom is -0.464 e. The standard InChI is InChI=1S/C23H28N4O4/c1-22(2)10-17(11-23(3,4)26-22)31-20(28)14-6-8-16(9-7-14)27-13-15(12-24)18(25)19(27)21(29)30-5/h6-9,13,17,26H,10-11,25H2,1-5H3. The second-order valence-corrected chi connectivity index (χ2v) is 9.15. The Morgan fingerprint density at radius 1 is 1.13 bits per heavy atom. The number of nitrogens with two attached hydrogens (primary N) is 1. The molecule has 0 amide bonds. The van der Waals surface area contributed by atoms with E-state index >= 15 is 0 Å². The zero-order valence-electron chi connectivity index (χ0n) is 18.5. The molecular weight excluding hydrogens is 396 g/mol. The maximum atomic E-state index is 12.7. The Bertz CT molecular complexity index is 1030. The van der Waals surface area contributed by atoms with Crippen LogP contribution < -0.4 is 11.1 Å². The van der Waals surface area contributed by atoms with Gasteiger partial charge >= 0.3 is 11.9 Å². The smallest absolute Gasteiger partial charge is 0.357 e. The molecule has 31 heavy (non-hydrogen) atoms. The van der Waals surface area contributed by atoms with Crippen molar-refractivity contribution >= 4 is 17.6 Å². The lowest BCUT2D eigenvalue weighted by atomic mass is 9.81. The summed E-state index contributed by atoms with van der Waals surface area (Å²) >= 11 is 0. The molecule has 1 aromatic carbocycles. The molecule has 0 aliphatic carbocycles. The third-order valence-corrected chi connectivity index (χ3v) is 5.35. The van der Waals surface area contributed by atoms with Gasteiger partial charge in [-0.25, -0.2) is 9.59 Å². The summed E-state index contributed by atoms with van der Waals surface area (Å²) in [6.07, 6.45) is 2.73. The predicted molar refractivity (Wildman–Crippen MR) is 116 cm³/mol. The number of nitrogens with one attached hydrogen (secondary N) is 1. The summed E-state index contributed by atoms with van der Waals surface area (Å²) in [6.45, 7) is 8.39. The van der Waals surface area contributed by atoms with Gasteiger partial charge in [-0.05, 0) is 52.0 Å². The van der Waals surface area contributed by atoms with Crippen LogP contribution in [0.5, 0.6) is 0 Å². The van der Waals surface area contributed by atoms with Crippen LogP contribution in [0, 0.1) is 11.3 Å². The number of nitriles is 1. The first-order valence-corrected chi connectivity index (χ1v) is 10.1. The number of carbonyl (C=O) groups excluding carboxylic acids is 2. The van der Waals surface area contributed by atoms with Crippen LogP contribution in [0.15, 0.2) is 30.5 Å². The number of nitrogen functional groups attached to an aromatic ring is 1. The Kier molecular flexibility index (Phi) is 5.83. The van der Waals surface area contributed by atoms with Crippen molar-refractivity contribution in [1.82, 2.24) is 9.88 Å². The normalized spacial score (nSPS) is 17.5. The monoisotopic (exact) mass is 424 g/mol. The highest BCUT2D eigenvalue weighted by atomic mass is 16.5. The number of aromatic nitrogens is 1. The molecule has 2 aromatic rings. The molecule has 3 N–H and O–H groups in total. The van der Waals surface area contributed by atoms with Crippen molar-refractivity contribution in [2.75, 3.05) is 12.8 Å². The zero-order valence-corrected chi connectivity index (χ0v) is 18.5. The fraction of sp³-hybridized carbons (Fsp3) is 0.435. The van der Waals surface area contributed by atoms with Gasteiger partial charge in [-0.15, -0.1) is 0 Å². The van der Waals surface area contributed by atoms with E-state index in [2.05, 4.69) is 33.0 Å². The minimum absolute atomic E-state index is 0.0500. The molecule has 0 saturated carbocycles. The Hall–Kier alpha value is -3.31. The van der Waals surface area contributed by atoms with E-state index in [9.17, 15) is 14.9 Å². The Labute approximate surface area is 181 Å². The zero-order chi connectivity index (χ0) is 23.0. The largest absolute Gasteiger partial charge is 0.464 e. The van der Waals surface area contributed by atoms with Gasteiger partial charge < -0.3 is 25.1 Å². The molecule has 8 nitrogen and oxygen atoms in total. The maximum absolute atomic E-state index is 12.7. The first-order chi connectivity index (χ1) is 14.5. The summed E-state index contributed by atoms with van der Waals surface area (Å²) in [4.78, 5) is 24.9. The molecule has 2 heterocycles. The van der Waals surface area contributed by atoms with Gasteiger partial charge in [0, 0.05) is 35.8 Å². The summed E-state index contributed by atoms with van der Waals surface area (Å²) in [5, 5.41) is 12.8. The van der Waals surface area contributed by atoms with Crippen LogP contribution in [-0.2, 0) is 9.47 Å². The van der Waals surface area contributed by atoms with E-state index in [4.69, 9.17) is 15.2 Å². The molecule has 164 valence electrons. The summed E-state index contributed by atoms with van der Waals surface area (Å²) < 4.78 is 12.1. The number of hydrogen-bond donors (Lipinski definition) is 2. The van der Waals surface area contributed by atoms with Gasteiger partial charge in [0.2, 0.25) is 0 Å². The van der Waals surface area contributed by atoms with Gasteiger partial charge in [-0.2, -0.15) is 5.26 Å².